The van der Waals surface area contributed by atoms with Gasteiger partial charge >= 0.3 is 11.9 Å². The SMILES string of the molecule is COC(=O)CC(NCc1ccccc1)=C(Br)C(=O)OC. The second-order valence-electron chi connectivity index (χ2n) is 3.88. The summed E-state index contributed by atoms with van der Waals surface area (Å²) in [5, 5.41) is 3.05. The number of esters is 2. The predicted molar refractivity (Wildman–Crippen MR) is 77.9 cm³/mol. The molecule has 0 bridgehead atoms. The Hall–Kier alpha value is -1.82. The molecule has 0 aromatic heterocycles. The van der Waals surface area contributed by atoms with Crippen LogP contribution in [0.1, 0.15) is 12.0 Å². The number of rotatable bonds is 6. The number of carbonyl (C=O) groups excluding carboxylic acids is 2. The quantitative estimate of drug-likeness (QED) is 0.634. The number of nitrogens with one attached hydrogen (secondary N) is 1. The molecule has 0 radical (unpaired) electrons. The van der Waals surface area contributed by atoms with Crippen LogP contribution in [0.3, 0.4) is 0 Å². The van der Waals surface area contributed by atoms with Crippen molar-refractivity contribution >= 4 is 27.9 Å². The minimum absolute atomic E-state index is 0.0426. The summed E-state index contributed by atoms with van der Waals surface area (Å²) < 4.78 is 9.42. The minimum Gasteiger partial charge on any atom is -0.469 e. The first-order chi connectivity index (χ1) is 9.58. The summed E-state index contributed by atoms with van der Waals surface area (Å²) in [6.07, 6.45) is -0.0426. The van der Waals surface area contributed by atoms with E-state index in [-0.39, 0.29) is 10.9 Å². The molecule has 0 saturated heterocycles. The normalized spacial score (nSPS) is 11.3. The lowest BCUT2D eigenvalue weighted by Gasteiger charge is -2.12. The van der Waals surface area contributed by atoms with Crippen LogP contribution in [0.4, 0.5) is 0 Å². The highest BCUT2D eigenvalue weighted by atomic mass is 79.9. The maximum absolute atomic E-state index is 11.5. The van der Waals surface area contributed by atoms with Crippen LogP contribution >= 0.6 is 15.9 Å². The van der Waals surface area contributed by atoms with Gasteiger partial charge < -0.3 is 14.8 Å². The third-order valence-corrected chi connectivity index (χ3v) is 3.33. The molecule has 20 heavy (non-hydrogen) atoms. The van der Waals surface area contributed by atoms with E-state index in [4.69, 9.17) is 0 Å². The molecule has 108 valence electrons. The van der Waals surface area contributed by atoms with Gasteiger partial charge in [0.25, 0.3) is 0 Å². The highest BCUT2D eigenvalue weighted by Gasteiger charge is 2.16. The Labute approximate surface area is 126 Å². The molecule has 0 atom stereocenters. The zero-order valence-corrected chi connectivity index (χ0v) is 12.9. The molecular formula is C14H16BrNO4. The van der Waals surface area contributed by atoms with Crippen molar-refractivity contribution < 1.29 is 19.1 Å². The van der Waals surface area contributed by atoms with Crippen LogP contribution in [0.15, 0.2) is 40.5 Å². The van der Waals surface area contributed by atoms with E-state index >= 15 is 0 Å². The molecule has 1 aromatic carbocycles. The van der Waals surface area contributed by atoms with E-state index in [1.807, 2.05) is 30.3 Å². The van der Waals surface area contributed by atoms with Gasteiger partial charge in [-0.25, -0.2) is 4.79 Å². The van der Waals surface area contributed by atoms with Gasteiger partial charge in [-0.2, -0.15) is 0 Å². The topological polar surface area (TPSA) is 64.6 Å². The van der Waals surface area contributed by atoms with Gasteiger partial charge in [-0.05, 0) is 21.5 Å². The van der Waals surface area contributed by atoms with E-state index in [0.29, 0.717) is 12.2 Å². The van der Waals surface area contributed by atoms with Gasteiger partial charge in [-0.15, -0.1) is 0 Å². The molecule has 1 N–H and O–H groups in total. The number of ether oxygens (including phenoxy) is 2. The molecule has 0 aliphatic heterocycles. The summed E-state index contributed by atoms with van der Waals surface area (Å²) in [5.74, 6) is -0.995. The Morgan fingerprint density at radius 1 is 1.15 bits per heavy atom. The Morgan fingerprint density at radius 2 is 1.80 bits per heavy atom. The summed E-state index contributed by atoms with van der Waals surface area (Å²) in [7, 11) is 2.57. The summed E-state index contributed by atoms with van der Waals surface area (Å²) >= 11 is 3.14. The zero-order valence-electron chi connectivity index (χ0n) is 11.3. The van der Waals surface area contributed by atoms with Gasteiger partial charge in [0.1, 0.15) is 4.48 Å². The van der Waals surface area contributed by atoms with Crippen molar-refractivity contribution in [3.05, 3.63) is 46.1 Å². The van der Waals surface area contributed by atoms with Gasteiger partial charge in [-0.3, -0.25) is 4.79 Å². The van der Waals surface area contributed by atoms with Crippen molar-refractivity contribution in [2.24, 2.45) is 0 Å². The van der Waals surface area contributed by atoms with Crippen molar-refractivity contribution in [1.82, 2.24) is 5.32 Å². The number of hydrogen-bond acceptors (Lipinski definition) is 5. The molecule has 0 saturated carbocycles. The number of halogens is 1. The monoisotopic (exact) mass is 341 g/mol. The number of hydrogen-bond donors (Lipinski definition) is 1. The van der Waals surface area contributed by atoms with E-state index in [1.54, 1.807) is 0 Å². The lowest BCUT2D eigenvalue weighted by atomic mass is 10.2. The molecule has 5 nitrogen and oxygen atoms in total. The van der Waals surface area contributed by atoms with Crippen molar-refractivity contribution in [2.75, 3.05) is 14.2 Å². The Morgan fingerprint density at radius 3 is 2.35 bits per heavy atom. The third kappa shape index (κ3) is 5.05. The van der Waals surface area contributed by atoms with Gasteiger partial charge in [0, 0.05) is 12.2 Å². The second kappa shape index (κ2) is 8.37. The average Bonchev–Trinajstić information content (AvgIpc) is 2.50. The van der Waals surface area contributed by atoms with Crippen molar-refractivity contribution in [3.8, 4) is 0 Å². The summed E-state index contributed by atoms with van der Waals surface area (Å²) in [4.78, 5) is 22.9. The van der Waals surface area contributed by atoms with Crippen LogP contribution < -0.4 is 5.32 Å². The average molecular weight is 342 g/mol. The van der Waals surface area contributed by atoms with E-state index in [0.717, 1.165) is 5.56 Å². The standard InChI is InChI=1S/C14H16BrNO4/c1-19-12(17)8-11(13(15)14(18)20-2)16-9-10-6-4-3-5-7-10/h3-7,16H,8-9H2,1-2H3. The largest absolute Gasteiger partial charge is 0.469 e. The molecule has 0 aliphatic rings. The highest BCUT2D eigenvalue weighted by Crippen LogP contribution is 2.16. The Balaban J connectivity index is 2.83. The summed E-state index contributed by atoms with van der Waals surface area (Å²) in [6.45, 7) is 0.485. The molecule has 0 unspecified atom stereocenters. The molecule has 0 fully saturated rings. The molecule has 6 heteroatoms. The van der Waals surface area contributed by atoms with Crippen molar-refractivity contribution in [1.29, 1.82) is 0 Å². The molecule has 1 aromatic rings. The zero-order chi connectivity index (χ0) is 15.0. The highest BCUT2D eigenvalue weighted by molar-refractivity contribution is 9.12. The number of benzene rings is 1. The van der Waals surface area contributed by atoms with Gasteiger partial charge in [0.05, 0.1) is 20.6 Å². The van der Waals surface area contributed by atoms with Crippen LogP contribution in [-0.4, -0.2) is 26.2 Å². The molecule has 0 amide bonds. The van der Waals surface area contributed by atoms with Gasteiger partial charge in [0.15, 0.2) is 0 Å². The van der Waals surface area contributed by atoms with Crippen LogP contribution in [-0.2, 0) is 25.6 Å². The molecule has 0 heterocycles. The first kappa shape index (κ1) is 16.2. The van der Waals surface area contributed by atoms with Crippen molar-refractivity contribution in [3.63, 3.8) is 0 Å². The maximum atomic E-state index is 11.5. The maximum Gasteiger partial charge on any atom is 0.346 e. The van der Waals surface area contributed by atoms with E-state index in [2.05, 4.69) is 30.7 Å². The fourth-order valence-electron chi connectivity index (χ4n) is 1.45. The molecule has 0 aliphatic carbocycles. The van der Waals surface area contributed by atoms with E-state index < -0.39 is 11.9 Å². The Bertz CT molecular complexity index is 499. The fourth-order valence-corrected chi connectivity index (χ4v) is 1.89. The summed E-state index contributed by atoms with van der Waals surface area (Å²) in [5.41, 5.74) is 1.45. The van der Waals surface area contributed by atoms with Gasteiger partial charge in [-0.1, -0.05) is 30.3 Å². The smallest absolute Gasteiger partial charge is 0.346 e. The van der Waals surface area contributed by atoms with E-state index in [9.17, 15) is 9.59 Å². The second-order valence-corrected chi connectivity index (χ2v) is 4.67. The lowest BCUT2D eigenvalue weighted by Crippen LogP contribution is -2.20. The minimum atomic E-state index is -0.551. The number of methoxy groups -OCH3 is 2. The molecular weight excluding hydrogens is 326 g/mol. The first-order valence-corrected chi connectivity index (χ1v) is 6.69. The summed E-state index contributed by atoms with van der Waals surface area (Å²) in [6, 6.07) is 9.62. The van der Waals surface area contributed by atoms with Crippen LogP contribution in [0.2, 0.25) is 0 Å². The fraction of sp³-hybridized carbons (Fsp3) is 0.286. The molecule has 1 rings (SSSR count). The lowest BCUT2D eigenvalue weighted by molar-refractivity contribution is -0.139. The van der Waals surface area contributed by atoms with E-state index in [1.165, 1.54) is 14.2 Å². The Kier molecular flexibility index (Phi) is 6.79. The predicted octanol–water partition coefficient (Wildman–Crippen LogP) is 2.12. The number of carbonyl (C=O) groups is 2. The van der Waals surface area contributed by atoms with Crippen LogP contribution in [0.25, 0.3) is 0 Å². The van der Waals surface area contributed by atoms with Gasteiger partial charge in [0.2, 0.25) is 0 Å². The van der Waals surface area contributed by atoms with Crippen LogP contribution in [0, 0.1) is 0 Å². The third-order valence-electron chi connectivity index (χ3n) is 2.53. The van der Waals surface area contributed by atoms with Crippen LogP contribution in [0.5, 0.6) is 0 Å². The molecule has 0 spiro atoms. The first-order valence-electron chi connectivity index (χ1n) is 5.90. The van der Waals surface area contributed by atoms with Crippen molar-refractivity contribution in [2.45, 2.75) is 13.0 Å².